The molecular weight excluding hydrogens is 490 g/mol. The molecule has 0 amide bonds. The highest BCUT2D eigenvalue weighted by Crippen LogP contribution is 2.67. The number of aromatic hydroxyl groups is 2. The Bertz CT molecular complexity index is 1560. The normalized spacial score (nSPS) is 21.8. The minimum absolute atomic E-state index is 0.0160. The Hall–Kier alpha value is -3.73. The average Bonchev–Trinajstić information content (AvgIpc) is 3.51. The second-order valence-corrected chi connectivity index (χ2v) is 10.2. The Morgan fingerprint density at radius 3 is 2.38 bits per heavy atom. The lowest BCUT2D eigenvalue weighted by Crippen LogP contribution is -2.26. The second kappa shape index (κ2) is 8.69. The topological polar surface area (TPSA) is 101 Å². The monoisotopic (exact) mass is 515 g/mol. The van der Waals surface area contributed by atoms with Crippen molar-refractivity contribution in [2.75, 3.05) is 6.61 Å². The summed E-state index contributed by atoms with van der Waals surface area (Å²) in [6.07, 6.45) is 5.08. The van der Waals surface area contributed by atoms with Gasteiger partial charge >= 0.3 is 0 Å². The van der Waals surface area contributed by atoms with E-state index in [1.54, 1.807) is 24.3 Å². The molecule has 4 aromatic rings. The van der Waals surface area contributed by atoms with Gasteiger partial charge in [-0.25, -0.2) is 4.98 Å². The van der Waals surface area contributed by atoms with Crippen LogP contribution >= 0.6 is 11.6 Å². The highest BCUT2D eigenvalue weighted by atomic mass is 35.5. The molecule has 0 aliphatic carbocycles. The molecule has 2 aliphatic rings. The first-order chi connectivity index (χ1) is 17.9. The van der Waals surface area contributed by atoms with Crippen LogP contribution in [0.25, 0.3) is 16.5 Å². The molecule has 2 bridgehead atoms. The van der Waals surface area contributed by atoms with Crippen molar-refractivity contribution in [2.24, 2.45) is 0 Å². The number of rotatable bonds is 7. The van der Waals surface area contributed by atoms with E-state index in [0.29, 0.717) is 52.7 Å². The molecule has 0 spiro atoms. The van der Waals surface area contributed by atoms with Gasteiger partial charge in [0.15, 0.2) is 0 Å². The Morgan fingerprint density at radius 2 is 1.73 bits per heavy atom. The number of hydrogen-bond donors (Lipinski definition) is 2. The van der Waals surface area contributed by atoms with E-state index in [-0.39, 0.29) is 11.8 Å². The molecule has 1 fully saturated rings. The predicted molar refractivity (Wildman–Crippen MR) is 139 cm³/mol. The van der Waals surface area contributed by atoms with Crippen molar-refractivity contribution in [1.29, 1.82) is 5.26 Å². The van der Waals surface area contributed by atoms with Crippen LogP contribution in [-0.2, 0) is 15.9 Å². The molecule has 7 nitrogen and oxygen atoms in total. The summed E-state index contributed by atoms with van der Waals surface area (Å²) >= 11 is 5.93. The van der Waals surface area contributed by atoms with Crippen molar-refractivity contribution < 1.29 is 19.7 Å². The summed E-state index contributed by atoms with van der Waals surface area (Å²) in [5, 5.41) is 35.0. The third-order valence-corrected chi connectivity index (χ3v) is 7.95. The number of ether oxygens (including phenoxy) is 2. The van der Waals surface area contributed by atoms with Crippen LogP contribution < -0.4 is 4.74 Å². The summed E-state index contributed by atoms with van der Waals surface area (Å²) in [4.78, 5) is 4.20. The first-order valence-corrected chi connectivity index (χ1v) is 12.9. The van der Waals surface area contributed by atoms with E-state index in [1.165, 1.54) is 10.8 Å². The van der Waals surface area contributed by atoms with Gasteiger partial charge in [-0.3, -0.25) is 4.57 Å². The fourth-order valence-electron chi connectivity index (χ4n) is 6.22. The van der Waals surface area contributed by atoms with Crippen LogP contribution in [0.1, 0.15) is 55.7 Å². The number of fused-ring (bicyclic) bond motifs is 6. The van der Waals surface area contributed by atoms with Crippen LogP contribution in [0, 0.1) is 11.3 Å². The van der Waals surface area contributed by atoms with Crippen LogP contribution in [0.2, 0.25) is 5.02 Å². The third-order valence-electron chi connectivity index (χ3n) is 7.73. The highest BCUT2D eigenvalue weighted by Gasteiger charge is 2.63. The van der Waals surface area contributed by atoms with Gasteiger partial charge in [-0.2, -0.15) is 5.26 Å². The van der Waals surface area contributed by atoms with E-state index in [1.807, 2.05) is 24.3 Å². The molecule has 0 radical (unpaired) electrons. The number of pyridine rings is 1. The number of benzene rings is 2. The second-order valence-electron chi connectivity index (χ2n) is 9.78. The molecule has 2 aliphatic heterocycles. The summed E-state index contributed by atoms with van der Waals surface area (Å²) in [7, 11) is 0. The summed E-state index contributed by atoms with van der Waals surface area (Å²) < 4.78 is 14.1. The first kappa shape index (κ1) is 23.7. The zero-order valence-corrected chi connectivity index (χ0v) is 21.1. The van der Waals surface area contributed by atoms with Gasteiger partial charge in [0.1, 0.15) is 11.2 Å². The van der Waals surface area contributed by atoms with Crippen molar-refractivity contribution >= 4 is 22.4 Å². The number of halogens is 1. The maximum absolute atomic E-state index is 11.7. The van der Waals surface area contributed by atoms with E-state index in [9.17, 15) is 15.5 Å². The standard InChI is InChI=1S/C29H26ClN3O4/c1-2-11-28-12-13-29(37-28,14-15-36-23-10-8-19(30)17-32-23)25-24(28)26(34)33(27(25)35)22-9-7-18(16-31)20-5-3-4-6-21(20)22/h3-10,17,34-35H,2,11-15H2,1H3. The first-order valence-electron chi connectivity index (χ1n) is 12.5. The molecule has 1 saturated heterocycles. The van der Waals surface area contributed by atoms with Crippen LogP contribution in [0.15, 0.2) is 54.7 Å². The Kier molecular flexibility index (Phi) is 5.55. The van der Waals surface area contributed by atoms with Crippen LogP contribution in [0.5, 0.6) is 17.6 Å². The minimum Gasteiger partial charge on any atom is -0.494 e. The molecule has 8 heteroatoms. The van der Waals surface area contributed by atoms with Crippen LogP contribution in [-0.4, -0.2) is 26.4 Å². The van der Waals surface area contributed by atoms with Gasteiger partial charge < -0.3 is 19.7 Å². The molecule has 4 heterocycles. The smallest absolute Gasteiger partial charge is 0.213 e. The van der Waals surface area contributed by atoms with E-state index in [2.05, 4.69) is 18.0 Å². The Morgan fingerprint density at radius 1 is 1.03 bits per heavy atom. The number of hydrogen-bond acceptors (Lipinski definition) is 6. The molecular formula is C29H26ClN3O4. The molecule has 2 N–H and O–H groups in total. The number of nitrogens with zero attached hydrogens (tertiary/aromatic N) is 3. The van der Waals surface area contributed by atoms with Crippen molar-refractivity contribution in [3.05, 3.63) is 76.4 Å². The largest absolute Gasteiger partial charge is 0.494 e. The fraction of sp³-hybridized carbons (Fsp3) is 0.310. The lowest BCUT2D eigenvalue weighted by atomic mass is 9.75. The lowest BCUT2D eigenvalue weighted by Gasteiger charge is -2.27. The van der Waals surface area contributed by atoms with Crippen molar-refractivity contribution in [3.63, 3.8) is 0 Å². The van der Waals surface area contributed by atoms with E-state index < -0.39 is 11.2 Å². The van der Waals surface area contributed by atoms with Gasteiger partial charge in [0.05, 0.1) is 40.1 Å². The fourth-order valence-corrected chi connectivity index (χ4v) is 6.33. The van der Waals surface area contributed by atoms with E-state index in [0.717, 1.165) is 30.0 Å². The molecule has 37 heavy (non-hydrogen) atoms. The summed E-state index contributed by atoms with van der Waals surface area (Å²) in [6, 6.07) is 16.7. The molecule has 188 valence electrons. The average molecular weight is 516 g/mol. The third kappa shape index (κ3) is 3.47. The Labute approximate surface area is 219 Å². The zero-order chi connectivity index (χ0) is 25.8. The van der Waals surface area contributed by atoms with Crippen LogP contribution in [0.3, 0.4) is 0 Å². The quantitative estimate of drug-likeness (QED) is 0.293. The van der Waals surface area contributed by atoms with Gasteiger partial charge in [-0.1, -0.05) is 49.2 Å². The molecule has 6 rings (SSSR count). The number of nitriles is 1. The van der Waals surface area contributed by atoms with Gasteiger partial charge in [-0.15, -0.1) is 0 Å². The summed E-state index contributed by atoms with van der Waals surface area (Å²) in [5.74, 6) is 0.410. The Balaban J connectivity index is 1.45. The van der Waals surface area contributed by atoms with Gasteiger partial charge in [0.2, 0.25) is 17.6 Å². The zero-order valence-electron chi connectivity index (χ0n) is 20.4. The molecule has 2 aromatic heterocycles. The van der Waals surface area contributed by atoms with Gasteiger partial charge in [-0.05, 0) is 37.5 Å². The molecule has 0 saturated carbocycles. The van der Waals surface area contributed by atoms with E-state index in [4.69, 9.17) is 21.1 Å². The maximum atomic E-state index is 11.7. The van der Waals surface area contributed by atoms with Gasteiger partial charge in [0, 0.05) is 29.5 Å². The van der Waals surface area contributed by atoms with Gasteiger partial charge in [0.25, 0.3) is 0 Å². The predicted octanol–water partition coefficient (Wildman–Crippen LogP) is 6.45. The van der Waals surface area contributed by atoms with E-state index >= 15 is 0 Å². The highest BCUT2D eigenvalue weighted by molar-refractivity contribution is 6.30. The SMILES string of the molecule is CCCC12CCC(CCOc3ccc(Cl)cn3)(O1)c1c2c(O)n(-c2ccc(C#N)c3ccccc23)c1O. The number of aromatic nitrogens is 2. The molecule has 2 aromatic carbocycles. The van der Waals surface area contributed by atoms with Crippen molar-refractivity contribution in [2.45, 2.75) is 50.2 Å². The summed E-state index contributed by atoms with van der Waals surface area (Å²) in [6.45, 7) is 2.41. The summed E-state index contributed by atoms with van der Waals surface area (Å²) in [5.41, 5.74) is 0.987. The van der Waals surface area contributed by atoms with Crippen molar-refractivity contribution in [1.82, 2.24) is 9.55 Å². The maximum Gasteiger partial charge on any atom is 0.213 e. The minimum atomic E-state index is -0.786. The lowest BCUT2D eigenvalue weighted by molar-refractivity contribution is -0.101. The molecule has 2 atom stereocenters. The van der Waals surface area contributed by atoms with Crippen molar-refractivity contribution in [3.8, 4) is 29.4 Å². The molecule has 2 unspecified atom stereocenters. The van der Waals surface area contributed by atoms with Crippen LogP contribution in [0.4, 0.5) is 0 Å².